The van der Waals surface area contributed by atoms with Gasteiger partial charge in [0.25, 0.3) is 5.56 Å². The molecule has 0 radical (unpaired) electrons. The van der Waals surface area contributed by atoms with Gasteiger partial charge in [-0.15, -0.1) is 11.8 Å². The topological polar surface area (TPSA) is 58.4 Å². The van der Waals surface area contributed by atoms with Crippen molar-refractivity contribution in [2.75, 3.05) is 32.4 Å². The zero-order valence-electron chi connectivity index (χ0n) is 27.1. The number of halogens is 2. The van der Waals surface area contributed by atoms with Crippen molar-refractivity contribution in [2.24, 2.45) is 0 Å². The van der Waals surface area contributed by atoms with Gasteiger partial charge in [0, 0.05) is 31.0 Å². The number of carbonyl (C=O) groups is 1. The smallest absolute Gasteiger partial charge is 0.280 e. The molecule has 47 heavy (non-hydrogen) atoms. The fourth-order valence-corrected chi connectivity index (χ4v) is 6.17. The highest BCUT2D eigenvalue weighted by Crippen LogP contribution is 2.24. The molecule has 5 rings (SSSR count). The molecule has 1 heterocycles. The summed E-state index contributed by atoms with van der Waals surface area (Å²) in [6.45, 7) is 7.56. The van der Waals surface area contributed by atoms with E-state index in [1.54, 1.807) is 34.5 Å². The number of hydrogen-bond donors (Lipinski definition) is 0. The van der Waals surface area contributed by atoms with E-state index in [0.29, 0.717) is 36.4 Å². The summed E-state index contributed by atoms with van der Waals surface area (Å²) in [7, 11) is 0. The van der Waals surface area contributed by atoms with Crippen LogP contribution in [0.4, 0.5) is 8.78 Å². The minimum absolute atomic E-state index is 0.0487. The van der Waals surface area contributed by atoms with Crippen molar-refractivity contribution in [3.63, 3.8) is 0 Å². The van der Waals surface area contributed by atoms with Crippen LogP contribution >= 0.6 is 11.8 Å². The van der Waals surface area contributed by atoms with Crippen LogP contribution in [-0.2, 0) is 30.7 Å². The van der Waals surface area contributed by atoms with E-state index < -0.39 is 17.2 Å². The molecule has 0 saturated carbocycles. The fraction of sp³-hybridized carbons (Fsp3) is 0.289. The van der Waals surface area contributed by atoms with Crippen LogP contribution in [-0.4, -0.2) is 57.7 Å². The van der Waals surface area contributed by atoms with Crippen molar-refractivity contribution < 1.29 is 13.6 Å². The molecule has 0 aliphatic carbocycles. The van der Waals surface area contributed by atoms with E-state index in [9.17, 15) is 18.4 Å². The lowest BCUT2D eigenvalue weighted by molar-refractivity contribution is -0.132. The number of aryl methyl sites for hydroxylation is 2. The first-order valence-electron chi connectivity index (χ1n) is 16.0. The largest absolute Gasteiger partial charge is 0.336 e. The molecule has 0 bridgehead atoms. The van der Waals surface area contributed by atoms with E-state index >= 15 is 0 Å². The van der Waals surface area contributed by atoms with Gasteiger partial charge in [0.2, 0.25) is 5.91 Å². The standard InChI is InChI=1S/C38H40F2N4O2S/c1-4-42(5-2)23-24-43(25-27-13-15-28(16-14-27)29-17-20-31(47-3)21-18-29)36(45)26-44-34-12-7-6-10-32(34)38(46)41-35(44)22-19-30-9-8-11-33(39)37(30)40/h6-18,20-21H,4-5,19,22-26H2,1-3H3. The molecule has 5 aromatic rings. The molecule has 0 aliphatic heterocycles. The third-order valence-electron chi connectivity index (χ3n) is 8.59. The molecule has 4 aromatic carbocycles. The Labute approximate surface area is 279 Å². The van der Waals surface area contributed by atoms with E-state index in [0.717, 1.165) is 35.8 Å². The summed E-state index contributed by atoms with van der Waals surface area (Å²) in [5, 5.41) is 0.400. The molecule has 0 saturated heterocycles. The molecular weight excluding hydrogens is 615 g/mol. The lowest BCUT2D eigenvalue weighted by Gasteiger charge is -2.28. The maximum atomic E-state index is 14.5. The van der Waals surface area contributed by atoms with Crippen LogP contribution in [0.25, 0.3) is 22.0 Å². The van der Waals surface area contributed by atoms with Crippen LogP contribution < -0.4 is 5.56 Å². The molecular formula is C38H40F2N4O2S. The number of hydrogen-bond acceptors (Lipinski definition) is 5. The van der Waals surface area contributed by atoms with Crippen LogP contribution in [0.5, 0.6) is 0 Å². The molecule has 0 unspecified atom stereocenters. The van der Waals surface area contributed by atoms with Gasteiger partial charge in [0.1, 0.15) is 12.4 Å². The van der Waals surface area contributed by atoms with E-state index in [4.69, 9.17) is 0 Å². The molecule has 0 N–H and O–H groups in total. The van der Waals surface area contributed by atoms with Gasteiger partial charge < -0.3 is 14.4 Å². The van der Waals surface area contributed by atoms with E-state index in [-0.39, 0.29) is 30.9 Å². The predicted octanol–water partition coefficient (Wildman–Crippen LogP) is 7.22. The van der Waals surface area contributed by atoms with Crippen molar-refractivity contribution in [2.45, 2.75) is 44.7 Å². The highest BCUT2D eigenvalue weighted by molar-refractivity contribution is 7.98. The van der Waals surface area contributed by atoms with Crippen molar-refractivity contribution in [1.29, 1.82) is 0 Å². The maximum absolute atomic E-state index is 14.5. The normalized spacial score (nSPS) is 11.4. The average molecular weight is 655 g/mol. The Balaban J connectivity index is 1.43. The van der Waals surface area contributed by atoms with Crippen molar-refractivity contribution >= 4 is 28.6 Å². The predicted molar refractivity (Wildman–Crippen MR) is 187 cm³/mol. The third-order valence-corrected chi connectivity index (χ3v) is 9.34. The number of fused-ring (bicyclic) bond motifs is 1. The Morgan fingerprint density at radius 1 is 0.830 bits per heavy atom. The van der Waals surface area contributed by atoms with Crippen LogP contribution in [0.3, 0.4) is 0 Å². The number of amides is 1. The summed E-state index contributed by atoms with van der Waals surface area (Å²) >= 11 is 1.71. The SMILES string of the molecule is CCN(CC)CCN(Cc1ccc(-c2ccc(SC)cc2)cc1)C(=O)Cn1c(CCc2cccc(F)c2F)nc(=O)c2ccccc21. The van der Waals surface area contributed by atoms with E-state index in [2.05, 4.69) is 78.5 Å². The van der Waals surface area contributed by atoms with Crippen LogP contribution in [0, 0.1) is 11.6 Å². The zero-order valence-corrected chi connectivity index (χ0v) is 27.9. The minimum Gasteiger partial charge on any atom is -0.336 e. The van der Waals surface area contributed by atoms with Crippen LogP contribution in [0.15, 0.2) is 101 Å². The van der Waals surface area contributed by atoms with Crippen molar-refractivity contribution in [1.82, 2.24) is 19.4 Å². The minimum atomic E-state index is -0.924. The van der Waals surface area contributed by atoms with Gasteiger partial charge in [-0.2, -0.15) is 4.98 Å². The van der Waals surface area contributed by atoms with Gasteiger partial charge in [0.05, 0.1) is 10.9 Å². The summed E-state index contributed by atoms with van der Waals surface area (Å²) in [4.78, 5) is 36.8. The molecule has 0 aliphatic rings. The number of likely N-dealkylation sites (N-methyl/N-ethyl adjacent to an activating group) is 1. The van der Waals surface area contributed by atoms with E-state index in [1.807, 2.05) is 11.0 Å². The number of para-hydroxylation sites is 1. The Kier molecular flexibility index (Phi) is 11.6. The second-order valence-electron chi connectivity index (χ2n) is 11.4. The Morgan fingerprint density at radius 2 is 1.51 bits per heavy atom. The lowest BCUT2D eigenvalue weighted by Crippen LogP contribution is -2.40. The zero-order chi connectivity index (χ0) is 33.3. The molecule has 0 spiro atoms. The molecule has 0 atom stereocenters. The number of aromatic nitrogens is 2. The summed E-state index contributed by atoms with van der Waals surface area (Å²) in [6.07, 6.45) is 2.34. The number of carbonyl (C=O) groups excluding carboxylic acids is 1. The third kappa shape index (κ3) is 8.34. The maximum Gasteiger partial charge on any atom is 0.280 e. The summed E-state index contributed by atoms with van der Waals surface area (Å²) in [5.74, 6) is -1.61. The Bertz CT molecular complexity index is 1870. The van der Waals surface area contributed by atoms with E-state index in [1.165, 1.54) is 17.0 Å². The molecule has 6 nitrogen and oxygen atoms in total. The number of nitrogens with zero attached hydrogens (tertiary/aromatic N) is 4. The van der Waals surface area contributed by atoms with Gasteiger partial charge in [-0.25, -0.2) is 8.78 Å². The quantitative estimate of drug-likeness (QED) is 0.118. The first-order chi connectivity index (χ1) is 22.8. The summed E-state index contributed by atoms with van der Waals surface area (Å²) < 4.78 is 30.2. The second-order valence-corrected chi connectivity index (χ2v) is 12.3. The Hall–Kier alpha value is -4.34. The van der Waals surface area contributed by atoms with Gasteiger partial charge in [-0.05, 0) is 78.4 Å². The average Bonchev–Trinajstić information content (AvgIpc) is 3.10. The molecule has 1 aromatic heterocycles. The van der Waals surface area contributed by atoms with Gasteiger partial charge in [0.15, 0.2) is 11.6 Å². The monoisotopic (exact) mass is 654 g/mol. The number of thioether (sulfide) groups is 1. The second kappa shape index (κ2) is 16.0. The van der Waals surface area contributed by atoms with Gasteiger partial charge in [-0.1, -0.05) is 74.5 Å². The molecule has 9 heteroatoms. The van der Waals surface area contributed by atoms with Crippen LogP contribution in [0.2, 0.25) is 0 Å². The summed E-state index contributed by atoms with van der Waals surface area (Å²) in [6, 6.07) is 27.8. The molecule has 1 amide bonds. The first kappa shape index (κ1) is 34.0. The lowest BCUT2D eigenvalue weighted by atomic mass is 10.0. The van der Waals surface area contributed by atoms with Gasteiger partial charge in [-0.3, -0.25) is 9.59 Å². The van der Waals surface area contributed by atoms with Crippen LogP contribution in [0.1, 0.15) is 30.8 Å². The highest BCUT2D eigenvalue weighted by atomic mass is 32.2. The van der Waals surface area contributed by atoms with Crippen molar-refractivity contribution in [3.05, 3.63) is 130 Å². The number of benzene rings is 4. The first-order valence-corrected chi connectivity index (χ1v) is 17.2. The molecule has 0 fully saturated rings. The molecule has 244 valence electrons. The number of rotatable bonds is 14. The highest BCUT2D eigenvalue weighted by Gasteiger charge is 2.20. The van der Waals surface area contributed by atoms with Crippen molar-refractivity contribution in [3.8, 4) is 11.1 Å². The fourth-order valence-electron chi connectivity index (χ4n) is 5.76. The Morgan fingerprint density at radius 3 is 2.19 bits per heavy atom. The van der Waals surface area contributed by atoms with Gasteiger partial charge >= 0.3 is 0 Å². The summed E-state index contributed by atoms with van der Waals surface area (Å²) in [5.41, 5.74) is 3.60.